The molecule has 104 valence electrons. The summed E-state index contributed by atoms with van der Waals surface area (Å²) in [5, 5.41) is 5.30. The van der Waals surface area contributed by atoms with Crippen LogP contribution in [0.3, 0.4) is 0 Å². The number of aromatic nitrogens is 1. The number of rotatable bonds is 5. The molecule has 2 amide bonds. The number of carbonyl (C=O) groups is 2. The Morgan fingerprint density at radius 1 is 1.15 bits per heavy atom. The summed E-state index contributed by atoms with van der Waals surface area (Å²) >= 11 is 3.30. The van der Waals surface area contributed by atoms with E-state index in [4.69, 9.17) is 0 Å². The van der Waals surface area contributed by atoms with Gasteiger partial charge in [0, 0.05) is 23.4 Å². The Labute approximate surface area is 124 Å². The van der Waals surface area contributed by atoms with Crippen LogP contribution >= 0.6 is 15.9 Å². The summed E-state index contributed by atoms with van der Waals surface area (Å²) in [4.78, 5) is 26.4. The first-order chi connectivity index (χ1) is 9.66. The smallest absolute Gasteiger partial charge is 0.252 e. The van der Waals surface area contributed by atoms with Gasteiger partial charge in [-0.25, -0.2) is 0 Å². The van der Waals surface area contributed by atoms with Crippen LogP contribution in [0, 0.1) is 0 Å². The highest BCUT2D eigenvalue weighted by Gasteiger charge is 2.10. The van der Waals surface area contributed by atoms with Crippen LogP contribution in [0.1, 0.15) is 15.9 Å². The largest absolute Gasteiger partial charge is 0.367 e. The lowest BCUT2D eigenvalue weighted by Gasteiger charge is -2.07. The summed E-state index contributed by atoms with van der Waals surface area (Å²) in [6, 6.07) is 8.94. The predicted molar refractivity (Wildman–Crippen MR) is 79.1 cm³/mol. The maximum atomic E-state index is 11.9. The van der Waals surface area contributed by atoms with Crippen molar-refractivity contribution in [1.82, 2.24) is 15.6 Å². The number of aromatic amines is 1. The summed E-state index contributed by atoms with van der Waals surface area (Å²) in [6.45, 7) is 0.387. The minimum atomic E-state index is -0.283. The van der Waals surface area contributed by atoms with E-state index in [9.17, 15) is 9.59 Å². The van der Waals surface area contributed by atoms with Gasteiger partial charge in [0.05, 0.1) is 12.1 Å². The third-order valence-corrected chi connectivity index (χ3v) is 3.37. The van der Waals surface area contributed by atoms with Crippen molar-refractivity contribution >= 4 is 27.7 Å². The molecule has 0 spiro atoms. The van der Waals surface area contributed by atoms with E-state index in [-0.39, 0.29) is 18.4 Å². The molecule has 0 aliphatic rings. The summed E-state index contributed by atoms with van der Waals surface area (Å²) in [5.74, 6) is -0.513. The van der Waals surface area contributed by atoms with Gasteiger partial charge in [-0.05, 0) is 39.7 Å². The van der Waals surface area contributed by atoms with E-state index >= 15 is 0 Å². The Morgan fingerprint density at radius 2 is 1.95 bits per heavy atom. The highest BCUT2D eigenvalue weighted by molar-refractivity contribution is 9.10. The first-order valence-electron chi connectivity index (χ1n) is 6.08. The fraction of sp³-hybridized carbons (Fsp3) is 0.143. The minimum absolute atomic E-state index is 0.0510. The van der Waals surface area contributed by atoms with Crippen molar-refractivity contribution in [1.29, 1.82) is 0 Å². The SMILES string of the molecule is O=C(CNC(=O)c1ccccc1Br)NCc1cc[nH]c1. The van der Waals surface area contributed by atoms with Gasteiger partial charge in [-0.3, -0.25) is 9.59 Å². The summed E-state index contributed by atoms with van der Waals surface area (Å²) in [5.41, 5.74) is 1.49. The topological polar surface area (TPSA) is 74.0 Å². The zero-order valence-corrected chi connectivity index (χ0v) is 12.2. The molecule has 2 rings (SSSR count). The van der Waals surface area contributed by atoms with Gasteiger partial charge in [-0.15, -0.1) is 0 Å². The molecule has 20 heavy (non-hydrogen) atoms. The van der Waals surface area contributed by atoms with Crippen LogP contribution in [0.25, 0.3) is 0 Å². The van der Waals surface area contributed by atoms with Gasteiger partial charge in [0.1, 0.15) is 0 Å². The maximum absolute atomic E-state index is 11.9. The zero-order chi connectivity index (χ0) is 14.4. The Balaban J connectivity index is 1.78. The van der Waals surface area contributed by atoms with Crippen LogP contribution < -0.4 is 10.6 Å². The van der Waals surface area contributed by atoms with Crippen molar-refractivity contribution in [3.63, 3.8) is 0 Å². The lowest BCUT2D eigenvalue weighted by atomic mass is 10.2. The molecule has 0 unspecified atom stereocenters. The fourth-order valence-electron chi connectivity index (χ4n) is 1.63. The van der Waals surface area contributed by atoms with Crippen molar-refractivity contribution < 1.29 is 9.59 Å². The lowest BCUT2D eigenvalue weighted by molar-refractivity contribution is -0.120. The van der Waals surface area contributed by atoms with Gasteiger partial charge in [0.2, 0.25) is 5.91 Å². The molecule has 5 nitrogen and oxygen atoms in total. The average molecular weight is 336 g/mol. The van der Waals surface area contributed by atoms with Crippen LogP contribution in [0.4, 0.5) is 0 Å². The molecule has 0 saturated heterocycles. The van der Waals surface area contributed by atoms with Crippen molar-refractivity contribution in [2.75, 3.05) is 6.54 Å². The maximum Gasteiger partial charge on any atom is 0.252 e. The van der Waals surface area contributed by atoms with E-state index in [1.165, 1.54) is 0 Å². The third kappa shape index (κ3) is 3.96. The standard InChI is InChI=1S/C14H14BrN3O2/c15-12-4-2-1-3-11(12)14(20)18-9-13(19)17-8-10-5-6-16-7-10/h1-7,16H,8-9H2,(H,17,19)(H,18,20). The number of hydrogen-bond acceptors (Lipinski definition) is 2. The van der Waals surface area contributed by atoms with Gasteiger partial charge >= 0.3 is 0 Å². The van der Waals surface area contributed by atoms with Crippen molar-refractivity contribution in [3.8, 4) is 0 Å². The number of hydrogen-bond donors (Lipinski definition) is 3. The molecule has 0 fully saturated rings. The molecular weight excluding hydrogens is 322 g/mol. The van der Waals surface area contributed by atoms with Gasteiger partial charge < -0.3 is 15.6 Å². The van der Waals surface area contributed by atoms with Crippen molar-refractivity contribution in [2.45, 2.75) is 6.54 Å². The highest BCUT2D eigenvalue weighted by Crippen LogP contribution is 2.15. The quantitative estimate of drug-likeness (QED) is 0.779. The second-order valence-corrected chi connectivity index (χ2v) is 5.01. The molecule has 0 aliphatic carbocycles. The number of halogens is 1. The molecule has 1 aromatic heterocycles. The summed E-state index contributed by atoms with van der Waals surface area (Å²) in [7, 11) is 0. The lowest BCUT2D eigenvalue weighted by Crippen LogP contribution is -2.36. The van der Waals surface area contributed by atoms with Gasteiger partial charge in [0.25, 0.3) is 5.91 Å². The molecule has 0 radical (unpaired) electrons. The van der Waals surface area contributed by atoms with Crippen LogP contribution in [0.15, 0.2) is 47.2 Å². The van der Waals surface area contributed by atoms with Crippen molar-refractivity contribution in [2.24, 2.45) is 0 Å². The molecule has 1 aromatic carbocycles. The molecular formula is C14H14BrN3O2. The summed E-state index contributed by atoms with van der Waals surface area (Å²) in [6.07, 6.45) is 3.59. The van der Waals surface area contributed by atoms with E-state index in [0.29, 0.717) is 16.6 Å². The van der Waals surface area contributed by atoms with Crippen LogP contribution in [0.2, 0.25) is 0 Å². The predicted octanol–water partition coefficient (Wildman–Crippen LogP) is 1.82. The van der Waals surface area contributed by atoms with E-state index in [1.807, 2.05) is 12.1 Å². The van der Waals surface area contributed by atoms with Crippen LogP contribution in [-0.2, 0) is 11.3 Å². The van der Waals surface area contributed by atoms with Crippen LogP contribution in [-0.4, -0.2) is 23.3 Å². The monoisotopic (exact) mass is 335 g/mol. The second-order valence-electron chi connectivity index (χ2n) is 4.16. The van der Waals surface area contributed by atoms with E-state index in [2.05, 4.69) is 31.5 Å². The van der Waals surface area contributed by atoms with E-state index in [0.717, 1.165) is 5.56 Å². The first kappa shape index (κ1) is 14.3. The number of H-pyrrole nitrogens is 1. The Bertz CT molecular complexity index is 596. The minimum Gasteiger partial charge on any atom is -0.367 e. The zero-order valence-electron chi connectivity index (χ0n) is 10.7. The number of amides is 2. The molecule has 1 heterocycles. The Kier molecular flexibility index (Phi) is 4.95. The van der Waals surface area contributed by atoms with Gasteiger partial charge in [-0.2, -0.15) is 0 Å². The normalized spacial score (nSPS) is 10.1. The molecule has 0 saturated carbocycles. The molecule has 0 bridgehead atoms. The van der Waals surface area contributed by atoms with Gasteiger partial charge in [0.15, 0.2) is 0 Å². The third-order valence-electron chi connectivity index (χ3n) is 2.68. The van der Waals surface area contributed by atoms with Crippen LogP contribution in [0.5, 0.6) is 0 Å². The molecule has 0 aliphatic heterocycles. The van der Waals surface area contributed by atoms with E-state index in [1.54, 1.807) is 30.6 Å². The number of nitrogens with one attached hydrogen (secondary N) is 3. The van der Waals surface area contributed by atoms with Gasteiger partial charge in [-0.1, -0.05) is 12.1 Å². The number of benzene rings is 1. The highest BCUT2D eigenvalue weighted by atomic mass is 79.9. The molecule has 3 N–H and O–H groups in total. The van der Waals surface area contributed by atoms with Crippen molar-refractivity contribution in [3.05, 3.63) is 58.3 Å². The Hall–Kier alpha value is -2.08. The molecule has 0 atom stereocenters. The molecule has 6 heteroatoms. The van der Waals surface area contributed by atoms with E-state index < -0.39 is 0 Å². The summed E-state index contributed by atoms with van der Waals surface area (Å²) < 4.78 is 0.699. The Morgan fingerprint density at radius 3 is 2.65 bits per heavy atom. The fourth-order valence-corrected chi connectivity index (χ4v) is 2.10. The molecule has 2 aromatic rings. The number of carbonyl (C=O) groups excluding carboxylic acids is 2. The average Bonchev–Trinajstić information content (AvgIpc) is 2.96. The first-order valence-corrected chi connectivity index (χ1v) is 6.87. The second kappa shape index (κ2) is 6.91.